The Bertz CT molecular complexity index is 1140. The predicted octanol–water partition coefficient (Wildman–Crippen LogP) is 5.01. The number of carbonyl (C=O) groups excluding carboxylic acids is 2. The SMILES string of the molecule is CCCNC(=O)C(C)N(Cc1c(Cl)cccc1Cl)C(=O)CN(c1cccc(Cl)c1Cl)S(C)(=O)=O. The summed E-state index contributed by atoms with van der Waals surface area (Å²) in [6, 6.07) is 8.40. The fraction of sp³-hybridized carbons (Fsp3) is 0.364. The second-order valence-corrected chi connectivity index (χ2v) is 11.0. The highest BCUT2D eigenvalue weighted by molar-refractivity contribution is 7.92. The van der Waals surface area contributed by atoms with Gasteiger partial charge in [-0.2, -0.15) is 0 Å². The summed E-state index contributed by atoms with van der Waals surface area (Å²) in [4.78, 5) is 27.4. The van der Waals surface area contributed by atoms with Crippen LogP contribution in [0.5, 0.6) is 0 Å². The molecule has 0 aliphatic rings. The van der Waals surface area contributed by atoms with E-state index in [1.165, 1.54) is 23.1 Å². The maximum Gasteiger partial charge on any atom is 0.244 e. The number of hydrogen-bond donors (Lipinski definition) is 1. The number of rotatable bonds is 10. The largest absolute Gasteiger partial charge is 0.354 e. The molecule has 0 fully saturated rings. The van der Waals surface area contributed by atoms with Gasteiger partial charge in [-0.25, -0.2) is 8.42 Å². The van der Waals surface area contributed by atoms with E-state index >= 15 is 0 Å². The van der Waals surface area contributed by atoms with Crippen LogP contribution in [0.1, 0.15) is 25.8 Å². The van der Waals surface area contributed by atoms with Crippen molar-refractivity contribution in [2.24, 2.45) is 0 Å². The summed E-state index contributed by atoms with van der Waals surface area (Å²) in [6.45, 7) is 3.14. The molecule has 0 aliphatic carbocycles. The molecule has 0 aromatic heterocycles. The van der Waals surface area contributed by atoms with Crippen LogP contribution in [0.15, 0.2) is 36.4 Å². The van der Waals surface area contributed by atoms with Crippen LogP contribution in [0.25, 0.3) is 0 Å². The van der Waals surface area contributed by atoms with Gasteiger partial charge in [-0.1, -0.05) is 65.5 Å². The molecule has 0 bridgehead atoms. The molecule has 1 N–H and O–H groups in total. The molecule has 2 rings (SSSR count). The van der Waals surface area contributed by atoms with Gasteiger partial charge in [0.25, 0.3) is 0 Å². The molecule has 0 saturated heterocycles. The Morgan fingerprint density at radius 2 is 1.56 bits per heavy atom. The van der Waals surface area contributed by atoms with Gasteiger partial charge in [-0.05, 0) is 37.6 Å². The van der Waals surface area contributed by atoms with Crippen LogP contribution in [-0.4, -0.2) is 50.5 Å². The summed E-state index contributed by atoms with van der Waals surface area (Å²) >= 11 is 24.9. The fourth-order valence-electron chi connectivity index (χ4n) is 3.11. The molecule has 0 saturated carbocycles. The molecule has 186 valence electrons. The standard InChI is InChI=1S/C22H25Cl4N3O4S/c1-4-11-27-22(31)14(2)28(12-15-16(23)7-5-8-17(15)24)20(30)13-29(34(3,32)33)19-10-6-9-18(25)21(19)26/h5-10,14H,4,11-13H2,1-3H3,(H,27,31). The summed E-state index contributed by atoms with van der Waals surface area (Å²) in [5.41, 5.74) is 0.477. The number of benzene rings is 2. The minimum Gasteiger partial charge on any atom is -0.354 e. The molecule has 0 aliphatic heterocycles. The zero-order valence-corrected chi connectivity index (χ0v) is 22.7. The lowest BCUT2D eigenvalue weighted by Gasteiger charge is -2.32. The number of amides is 2. The van der Waals surface area contributed by atoms with Crippen molar-refractivity contribution in [3.63, 3.8) is 0 Å². The van der Waals surface area contributed by atoms with Crippen LogP contribution >= 0.6 is 46.4 Å². The summed E-state index contributed by atoms with van der Waals surface area (Å²) in [6.07, 6.45) is 1.65. The average Bonchev–Trinajstić information content (AvgIpc) is 2.76. The third-order valence-corrected chi connectivity index (χ3v) is 7.63. The minimum absolute atomic E-state index is 0.0168. The first-order valence-corrected chi connectivity index (χ1v) is 13.7. The van der Waals surface area contributed by atoms with Crippen LogP contribution < -0.4 is 9.62 Å². The molecule has 34 heavy (non-hydrogen) atoms. The van der Waals surface area contributed by atoms with Crippen molar-refractivity contribution in [3.8, 4) is 0 Å². The third-order valence-electron chi connectivity index (χ3n) is 4.99. The maximum atomic E-state index is 13.5. The van der Waals surface area contributed by atoms with Gasteiger partial charge in [0.2, 0.25) is 21.8 Å². The number of sulfonamides is 1. The van der Waals surface area contributed by atoms with Crippen molar-refractivity contribution < 1.29 is 18.0 Å². The smallest absolute Gasteiger partial charge is 0.244 e. The monoisotopic (exact) mass is 567 g/mol. The van der Waals surface area contributed by atoms with E-state index in [1.54, 1.807) is 25.1 Å². The average molecular weight is 569 g/mol. The summed E-state index contributed by atoms with van der Waals surface area (Å²) in [5.74, 6) is -1.05. The van der Waals surface area contributed by atoms with E-state index in [0.717, 1.165) is 10.6 Å². The first-order chi connectivity index (χ1) is 15.9. The second kappa shape index (κ2) is 12.3. The predicted molar refractivity (Wildman–Crippen MR) is 138 cm³/mol. The topological polar surface area (TPSA) is 86.8 Å². The Morgan fingerprint density at radius 1 is 1.00 bits per heavy atom. The van der Waals surface area contributed by atoms with Gasteiger partial charge >= 0.3 is 0 Å². The zero-order chi connectivity index (χ0) is 25.6. The molecule has 1 unspecified atom stereocenters. The molecule has 2 aromatic rings. The number of nitrogens with zero attached hydrogens (tertiary/aromatic N) is 2. The van der Waals surface area contributed by atoms with E-state index < -0.39 is 34.4 Å². The van der Waals surface area contributed by atoms with E-state index in [0.29, 0.717) is 28.6 Å². The molecular weight excluding hydrogens is 544 g/mol. The van der Waals surface area contributed by atoms with E-state index in [9.17, 15) is 18.0 Å². The van der Waals surface area contributed by atoms with Gasteiger partial charge in [-0.3, -0.25) is 13.9 Å². The number of nitrogens with one attached hydrogen (secondary N) is 1. The molecule has 0 radical (unpaired) electrons. The number of hydrogen-bond acceptors (Lipinski definition) is 4. The van der Waals surface area contributed by atoms with Gasteiger partial charge in [0.1, 0.15) is 12.6 Å². The summed E-state index contributed by atoms with van der Waals surface area (Å²) < 4.78 is 26.0. The minimum atomic E-state index is -3.95. The molecule has 2 aromatic carbocycles. The maximum absolute atomic E-state index is 13.5. The lowest BCUT2D eigenvalue weighted by molar-refractivity contribution is -0.139. The van der Waals surface area contributed by atoms with Gasteiger partial charge in [-0.15, -0.1) is 0 Å². The van der Waals surface area contributed by atoms with E-state index in [2.05, 4.69) is 5.32 Å². The summed E-state index contributed by atoms with van der Waals surface area (Å²) in [5, 5.41) is 3.48. The Balaban J connectivity index is 2.48. The zero-order valence-electron chi connectivity index (χ0n) is 18.8. The van der Waals surface area contributed by atoms with Crippen molar-refractivity contribution in [1.29, 1.82) is 0 Å². The van der Waals surface area contributed by atoms with Gasteiger partial charge in [0.05, 0.1) is 22.0 Å². The molecule has 12 heteroatoms. The second-order valence-electron chi connectivity index (χ2n) is 7.53. The quantitative estimate of drug-likeness (QED) is 0.436. The van der Waals surface area contributed by atoms with Crippen LogP contribution in [0.4, 0.5) is 5.69 Å². The molecule has 0 heterocycles. The van der Waals surface area contributed by atoms with Crippen molar-refractivity contribution in [2.75, 3.05) is 23.7 Å². The van der Waals surface area contributed by atoms with E-state index in [1.807, 2.05) is 6.92 Å². The molecule has 2 amide bonds. The highest BCUT2D eigenvalue weighted by Gasteiger charge is 2.31. The Hall–Kier alpha value is -1.71. The van der Waals surface area contributed by atoms with Gasteiger partial charge < -0.3 is 10.2 Å². The molecule has 1 atom stereocenters. The van der Waals surface area contributed by atoms with Crippen molar-refractivity contribution in [3.05, 3.63) is 62.1 Å². The molecule has 7 nitrogen and oxygen atoms in total. The van der Waals surface area contributed by atoms with Crippen LogP contribution in [0.3, 0.4) is 0 Å². The first kappa shape index (κ1) is 28.5. The summed E-state index contributed by atoms with van der Waals surface area (Å²) in [7, 11) is -3.95. The normalized spacial score (nSPS) is 12.2. The van der Waals surface area contributed by atoms with Crippen LogP contribution in [-0.2, 0) is 26.2 Å². The Morgan fingerprint density at radius 3 is 2.12 bits per heavy atom. The van der Waals surface area contributed by atoms with Crippen molar-refractivity contribution >= 4 is 73.9 Å². The number of anilines is 1. The molecular formula is C22H25Cl4N3O4S. The Labute approximate surface area is 220 Å². The fourth-order valence-corrected chi connectivity index (χ4v) is 4.93. The van der Waals surface area contributed by atoms with Gasteiger partial charge in [0, 0.05) is 28.7 Å². The third kappa shape index (κ3) is 7.15. The number of carbonyl (C=O) groups is 2. The lowest BCUT2D eigenvalue weighted by atomic mass is 10.1. The van der Waals surface area contributed by atoms with E-state index in [4.69, 9.17) is 46.4 Å². The van der Waals surface area contributed by atoms with E-state index in [-0.39, 0.29) is 22.3 Å². The first-order valence-electron chi connectivity index (χ1n) is 10.3. The van der Waals surface area contributed by atoms with Crippen LogP contribution in [0.2, 0.25) is 20.1 Å². The van der Waals surface area contributed by atoms with Crippen molar-refractivity contribution in [2.45, 2.75) is 32.9 Å². The highest BCUT2D eigenvalue weighted by atomic mass is 35.5. The highest BCUT2D eigenvalue weighted by Crippen LogP contribution is 2.34. The van der Waals surface area contributed by atoms with Crippen molar-refractivity contribution in [1.82, 2.24) is 10.2 Å². The lowest BCUT2D eigenvalue weighted by Crippen LogP contribution is -2.51. The van der Waals surface area contributed by atoms with Crippen LogP contribution in [0, 0.1) is 0 Å². The number of halogens is 4. The Kier molecular flexibility index (Phi) is 10.3. The van der Waals surface area contributed by atoms with Gasteiger partial charge in [0.15, 0.2) is 0 Å². The molecule has 0 spiro atoms.